The van der Waals surface area contributed by atoms with E-state index in [4.69, 9.17) is 9.47 Å². The molecule has 0 radical (unpaired) electrons. The molecule has 0 saturated heterocycles. The van der Waals surface area contributed by atoms with E-state index < -0.39 is 16.9 Å². The predicted octanol–water partition coefficient (Wildman–Crippen LogP) is 3.94. The molecule has 0 aliphatic carbocycles. The molecule has 8 heteroatoms. The molecule has 8 nitrogen and oxygen atoms in total. The van der Waals surface area contributed by atoms with E-state index in [9.17, 15) is 19.7 Å². The van der Waals surface area contributed by atoms with Gasteiger partial charge in [-0.1, -0.05) is 52.0 Å². The molecule has 162 valence electrons. The van der Waals surface area contributed by atoms with Gasteiger partial charge >= 0.3 is 11.7 Å². The smallest absolute Gasteiger partial charge is 0.328 e. The van der Waals surface area contributed by atoms with Crippen molar-refractivity contribution in [2.45, 2.75) is 71.3 Å². The van der Waals surface area contributed by atoms with Gasteiger partial charge in [-0.25, -0.2) is 4.79 Å². The van der Waals surface area contributed by atoms with E-state index in [1.807, 2.05) is 0 Å². The van der Waals surface area contributed by atoms with Crippen LogP contribution in [-0.2, 0) is 20.7 Å². The summed E-state index contributed by atoms with van der Waals surface area (Å²) in [5.41, 5.74) is 0.349. The Morgan fingerprint density at radius 3 is 2.45 bits per heavy atom. The Hall–Kier alpha value is -2.64. The molecule has 1 amide bonds. The van der Waals surface area contributed by atoms with Crippen molar-refractivity contribution in [2.75, 3.05) is 13.7 Å². The third-order valence-electron chi connectivity index (χ3n) is 4.56. The van der Waals surface area contributed by atoms with Gasteiger partial charge in [-0.05, 0) is 18.1 Å². The summed E-state index contributed by atoms with van der Waals surface area (Å²) < 4.78 is 10.3. The zero-order valence-electron chi connectivity index (χ0n) is 17.6. The second-order valence-electron chi connectivity index (χ2n) is 6.88. The molecule has 0 saturated carbocycles. The highest BCUT2D eigenvalue weighted by Gasteiger charge is 2.24. The Kier molecular flexibility index (Phi) is 11.4. The van der Waals surface area contributed by atoms with Gasteiger partial charge in [-0.3, -0.25) is 14.9 Å². The normalized spacial score (nSPS) is 11.6. The maximum Gasteiger partial charge on any atom is 0.328 e. The standard InChI is InChI=1S/C21H32N2O6/c1-4-6-7-8-9-10-13-29-21(25)17(22-20(24)5-2)14-16-11-12-19(28-3)18(15-16)23(26)27/h11-12,15,17H,4-10,13-14H2,1-3H3,(H,22,24)/t17-/m0/s1. The van der Waals surface area contributed by atoms with E-state index in [1.165, 1.54) is 38.5 Å². The van der Waals surface area contributed by atoms with Crippen molar-refractivity contribution in [3.8, 4) is 5.75 Å². The first-order chi connectivity index (χ1) is 13.9. The van der Waals surface area contributed by atoms with E-state index in [1.54, 1.807) is 13.0 Å². The highest BCUT2D eigenvalue weighted by Crippen LogP contribution is 2.28. The van der Waals surface area contributed by atoms with Gasteiger partial charge in [0.25, 0.3) is 0 Å². The van der Waals surface area contributed by atoms with Crippen molar-refractivity contribution in [3.63, 3.8) is 0 Å². The molecule has 29 heavy (non-hydrogen) atoms. The van der Waals surface area contributed by atoms with Gasteiger partial charge in [0.05, 0.1) is 18.6 Å². The topological polar surface area (TPSA) is 108 Å². The van der Waals surface area contributed by atoms with Gasteiger partial charge in [0, 0.05) is 18.9 Å². The van der Waals surface area contributed by atoms with Gasteiger partial charge < -0.3 is 14.8 Å². The second-order valence-corrected chi connectivity index (χ2v) is 6.88. The molecule has 1 atom stereocenters. The Labute approximate surface area is 172 Å². The first-order valence-corrected chi connectivity index (χ1v) is 10.2. The quantitative estimate of drug-likeness (QED) is 0.216. The number of rotatable bonds is 14. The maximum absolute atomic E-state index is 12.5. The van der Waals surface area contributed by atoms with Crippen LogP contribution in [-0.4, -0.2) is 36.6 Å². The number of nitrogens with zero attached hydrogens (tertiary/aromatic N) is 1. The zero-order valence-corrected chi connectivity index (χ0v) is 17.6. The number of nitro benzene ring substituents is 1. The van der Waals surface area contributed by atoms with Crippen molar-refractivity contribution >= 4 is 17.6 Å². The molecule has 0 aromatic heterocycles. The first kappa shape index (κ1) is 24.4. The maximum atomic E-state index is 12.5. The average molecular weight is 408 g/mol. The number of carbonyl (C=O) groups excluding carboxylic acids is 2. The third-order valence-corrected chi connectivity index (χ3v) is 4.56. The molecule has 0 spiro atoms. The summed E-state index contributed by atoms with van der Waals surface area (Å²) in [7, 11) is 1.35. The van der Waals surface area contributed by atoms with Crippen LogP contribution in [0.1, 0.15) is 64.4 Å². The molecular formula is C21H32N2O6. The van der Waals surface area contributed by atoms with Crippen LogP contribution >= 0.6 is 0 Å². The van der Waals surface area contributed by atoms with Crippen molar-refractivity contribution in [3.05, 3.63) is 33.9 Å². The molecule has 0 heterocycles. The van der Waals surface area contributed by atoms with Crippen molar-refractivity contribution in [1.29, 1.82) is 0 Å². The Bertz CT molecular complexity index is 677. The minimum absolute atomic E-state index is 0.103. The number of esters is 1. The summed E-state index contributed by atoms with van der Waals surface area (Å²) in [6.45, 7) is 4.14. The molecule has 1 aromatic rings. The minimum Gasteiger partial charge on any atom is -0.490 e. The van der Waals surface area contributed by atoms with Crippen molar-refractivity contribution in [1.82, 2.24) is 5.32 Å². The Morgan fingerprint density at radius 2 is 1.83 bits per heavy atom. The lowest BCUT2D eigenvalue weighted by Gasteiger charge is -2.18. The largest absolute Gasteiger partial charge is 0.490 e. The monoisotopic (exact) mass is 408 g/mol. The van der Waals surface area contributed by atoms with Crippen LogP contribution in [0.25, 0.3) is 0 Å². The van der Waals surface area contributed by atoms with Gasteiger partial charge in [-0.2, -0.15) is 0 Å². The summed E-state index contributed by atoms with van der Waals surface area (Å²) in [6, 6.07) is 3.58. The first-order valence-electron chi connectivity index (χ1n) is 10.2. The van der Waals surface area contributed by atoms with Crippen LogP contribution in [0, 0.1) is 10.1 Å². The number of nitro groups is 1. The van der Waals surface area contributed by atoms with Gasteiger partial charge in [0.2, 0.25) is 5.91 Å². The van der Waals surface area contributed by atoms with E-state index in [0.29, 0.717) is 12.2 Å². The number of unbranched alkanes of at least 4 members (excludes halogenated alkanes) is 5. The fourth-order valence-electron chi connectivity index (χ4n) is 2.89. The van der Waals surface area contributed by atoms with Gasteiger partial charge in [-0.15, -0.1) is 0 Å². The summed E-state index contributed by atoms with van der Waals surface area (Å²) in [5.74, 6) is -0.674. The van der Waals surface area contributed by atoms with Crippen molar-refractivity contribution < 1.29 is 24.0 Å². The summed E-state index contributed by atoms with van der Waals surface area (Å²) in [4.78, 5) is 35.0. The lowest BCUT2D eigenvalue weighted by molar-refractivity contribution is -0.385. The van der Waals surface area contributed by atoms with Crippen LogP contribution < -0.4 is 10.1 Å². The SMILES string of the molecule is CCCCCCCCOC(=O)[C@H](Cc1ccc(OC)c([N+](=O)[O-])c1)NC(=O)CC. The summed E-state index contributed by atoms with van der Waals surface area (Å²) >= 11 is 0. The molecule has 0 bridgehead atoms. The number of amides is 1. The van der Waals surface area contributed by atoms with E-state index in [-0.39, 0.29) is 30.2 Å². The molecule has 1 N–H and O–H groups in total. The lowest BCUT2D eigenvalue weighted by Crippen LogP contribution is -2.43. The fraction of sp³-hybridized carbons (Fsp3) is 0.619. The van der Waals surface area contributed by atoms with Gasteiger partial charge in [0.15, 0.2) is 5.75 Å². The third kappa shape index (κ3) is 8.93. The lowest BCUT2D eigenvalue weighted by atomic mass is 10.0. The number of ether oxygens (including phenoxy) is 2. The molecule has 1 rings (SSSR count). The number of hydrogen-bond donors (Lipinski definition) is 1. The average Bonchev–Trinajstić information content (AvgIpc) is 2.72. The number of methoxy groups -OCH3 is 1. The van der Waals surface area contributed by atoms with Crippen molar-refractivity contribution in [2.24, 2.45) is 0 Å². The molecule has 0 fully saturated rings. The van der Waals surface area contributed by atoms with Crippen LogP contribution in [0.5, 0.6) is 5.75 Å². The van der Waals surface area contributed by atoms with Gasteiger partial charge in [0.1, 0.15) is 6.04 Å². The second kappa shape index (κ2) is 13.5. The van der Waals surface area contributed by atoms with Crippen LogP contribution in [0.4, 0.5) is 5.69 Å². The number of carbonyl (C=O) groups is 2. The Balaban J connectivity index is 2.72. The number of hydrogen-bond acceptors (Lipinski definition) is 6. The zero-order chi connectivity index (χ0) is 21.6. The number of benzene rings is 1. The van der Waals surface area contributed by atoms with Crippen LogP contribution in [0.2, 0.25) is 0 Å². The van der Waals surface area contributed by atoms with E-state index >= 15 is 0 Å². The fourth-order valence-corrected chi connectivity index (χ4v) is 2.89. The highest BCUT2D eigenvalue weighted by atomic mass is 16.6. The molecular weight excluding hydrogens is 376 g/mol. The van der Waals surface area contributed by atoms with E-state index in [2.05, 4.69) is 12.2 Å². The molecule has 0 unspecified atom stereocenters. The minimum atomic E-state index is -0.893. The van der Waals surface area contributed by atoms with Crippen LogP contribution in [0.15, 0.2) is 18.2 Å². The predicted molar refractivity (Wildman–Crippen MR) is 110 cm³/mol. The summed E-state index contributed by atoms with van der Waals surface area (Å²) in [5, 5.41) is 13.9. The summed E-state index contributed by atoms with van der Waals surface area (Å²) in [6.07, 6.45) is 6.76. The molecule has 0 aliphatic heterocycles. The Morgan fingerprint density at radius 1 is 1.14 bits per heavy atom. The number of nitrogens with one attached hydrogen (secondary N) is 1. The molecule has 0 aliphatic rings. The van der Waals surface area contributed by atoms with Crippen LogP contribution in [0.3, 0.4) is 0 Å². The highest BCUT2D eigenvalue weighted by molar-refractivity contribution is 5.84. The van der Waals surface area contributed by atoms with E-state index in [0.717, 1.165) is 19.3 Å². The molecule has 1 aromatic carbocycles.